The maximum atomic E-state index is 12.7. The van der Waals surface area contributed by atoms with Crippen molar-refractivity contribution in [3.05, 3.63) is 29.6 Å². The Balaban J connectivity index is 1.35. The van der Waals surface area contributed by atoms with Crippen LogP contribution in [0.2, 0.25) is 0 Å². The van der Waals surface area contributed by atoms with Crippen molar-refractivity contribution in [2.75, 3.05) is 25.6 Å². The molecule has 1 fully saturated rings. The highest BCUT2D eigenvalue weighted by Crippen LogP contribution is 2.37. The highest BCUT2D eigenvalue weighted by atomic mass is 32.2. The molecule has 7 nitrogen and oxygen atoms in total. The summed E-state index contributed by atoms with van der Waals surface area (Å²) >= 11 is 1.40. The first kappa shape index (κ1) is 19.1. The van der Waals surface area contributed by atoms with Crippen LogP contribution in [-0.2, 0) is 17.6 Å². The number of aromatic amines is 1. The molecule has 28 heavy (non-hydrogen) atoms. The van der Waals surface area contributed by atoms with E-state index in [-0.39, 0.29) is 11.3 Å². The lowest BCUT2D eigenvalue weighted by Gasteiger charge is -2.40. The number of rotatable bonds is 6. The zero-order valence-electron chi connectivity index (χ0n) is 16.4. The Morgan fingerprint density at radius 3 is 3.04 bits per heavy atom. The summed E-state index contributed by atoms with van der Waals surface area (Å²) in [6, 6.07) is 6.15. The van der Waals surface area contributed by atoms with Crippen molar-refractivity contribution in [1.82, 2.24) is 20.1 Å². The van der Waals surface area contributed by atoms with E-state index in [2.05, 4.69) is 34.2 Å². The van der Waals surface area contributed by atoms with Crippen molar-refractivity contribution >= 4 is 17.7 Å². The summed E-state index contributed by atoms with van der Waals surface area (Å²) in [5.41, 5.74) is 1.29. The molecule has 2 aromatic rings. The lowest BCUT2D eigenvalue weighted by molar-refractivity contribution is -0.131. The van der Waals surface area contributed by atoms with Crippen LogP contribution in [0.4, 0.5) is 0 Å². The SMILES string of the molecule is CCc1nc(SCC(=O)N2CCCC(C)(Cc3ccc4c(c3)OCO4)C2)n[nH]1. The maximum Gasteiger partial charge on any atom is 0.233 e. The van der Waals surface area contributed by atoms with Crippen molar-refractivity contribution in [2.45, 2.75) is 44.7 Å². The standard InChI is InChI=1S/C20H26N4O3S/c1-3-17-21-19(23-22-17)28-11-18(25)24-8-4-7-20(2,12-24)10-14-5-6-15-16(9-14)27-13-26-15/h5-6,9H,3-4,7-8,10-13H2,1-2H3,(H,21,22,23). The Morgan fingerprint density at radius 2 is 2.21 bits per heavy atom. The third-order valence-electron chi connectivity index (χ3n) is 5.37. The molecule has 1 aromatic carbocycles. The lowest BCUT2D eigenvalue weighted by Crippen LogP contribution is -2.46. The fourth-order valence-corrected chi connectivity index (χ4v) is 4.65. The fourth-order valence-electron chi connectivity index (χ4n) is 3.93. The Bertz CT molecular complexity index is 856. The Hall–Kier alpha value is -2.22. The van der Waals surface area contributed by atoms with E-state index in [1.165, 1.54) is 17.3 Å². The number of ether oxygens (including phenoxy) is 2. The van der Waals surface area contributed by atoms with E-state index in [4.69, 9.17) is 9.47 Å². The van der Waals surface area contributed by atoms with Crippen LogP contribution in [0, 0.1) is 5.41 Å². The number of carbonyl (C=O) groups is 1. The largest absolute Gasteiger partial charge is 0.454 e. The molecule has 1 unspecified atom stereocenters. The molecule has 0 spiro atoms. The lowest BCUT2D eigenvalue weighted by atomic mass is 9.77. The van der Waals surface area contributed by atoms with Crippen LogP contribution in [0.5, 0.6) is 11.5 Å². The number of H-pyrrole nitrogens is 1. The second-order valence-electron chi connectivity index (χ2n) is 7.80. The quantitative estimate of drug-likeness (QED) is 0.748. The first-order valence-corrected chi connectivity index (χ1v) is 10.7. The van der Waals surface area contributed by atoms with E-state index in [1.807, 2.05) is 17.9 Å². The normalized spacial score (nSPS) is 21.1. The summed E-state index contributed by atoms with van der Waals surface area (Å²) in [5, 5.41) is 7.69. The number of hydrogen-bond donors (Lipinski definition) is 1. The first-order valence-electron chi connectivity index (χ1n) is 9.75. The number of nitrogens with zero attached hydrogens (tertiary/aromatic N) is 3. The number of thioether (sulfide) groups is 1. The van der Waals surface area contributed by atoms with Gasteiger partial charge >= 0.3 is 0 Å². The number of aromatic nitrogens is 3. The van der Waals surface area contributed by atoms with Crippen molar-refractivity contribution < 1.29 is 14.3 Å². The van der Waals surface area contributed by atoms with E-state index < -0.39 is 0 Å². The summed E-state index contributed by atoms with van der Waals surface area (Å²) in [6.45, 7) is 6.18. The van der Waals surface area contributed by atoms with Crippen molar-refractivity contribution in [1.29, 1.82) is 0 Å². The molecule has 1 amide bonds. The predicted octanol–water partition coefficient (Wildman–Crippen LogP) is 3.06. The molecule has 1 atom stereocenters. The topological polar surface area (TPSA) is 80.3 Å². The van der Waals surface area contributed by atoms with Gasteiger partial charge in [0, 0.05) is 19.5 Å². The molecule has 0 radical (unpaired) electrons. The van der Waals surface area contributed by atoms with E-state index in [1.54, 1.807) is 0 Å². The molecule has 4 rings (SSSR count). The summed E-state index contributed by atoms with van der Waals surface area (Å²) < 4.78 is 10.9. The average molecular weight is 403 g/mol. The number of piperidine rings is 1. The van der Waals surface area contributed by atoms with Crippen LogP contribution < -0.4 is 9.47 Å². The van der Waals surface area contributed by atoms with Crippen molar-refractivity contribution in [3.8, 4) is 11.5 Å². The minimum atomic E-state index is 0.0617. The van der Waals surface area contributed by atoms with Gasteiger partial charge in [-0.3, -0.25) is 9.89 Å². The van der Waals surface area contributed by atoms with Gasteiger partial charge in [-0.25, -0.2) is 4.98 Å². The van der Waals surface area contributed by atoms with Gasteiger partial charge in [0.15, 0.2) is 11.5 Å². The van der Waals surface area contributed by atoms with Crippen LogP contribution in [0.1, 0.15) is 38.1 Å². The third kappa shape index (κ3) is 4.27. The molecule has 2 aliphatic rings. The molecule has 3 heterocycles. The molecule has 1 saturated heterocycles. The molecule has 8 heteroatoms. The summed E-state index contributed by atoms with van der Waals surface area (Å²) in [5.74, 6) is 3.01. The number of fused-ring (bicyclic) bond motifs is 1. The molecular formula is C20H26N4O3S. The predicted molar refractivity (Wildman–Crippen MR) is 107 cm³/mol. The van der Waals surface area contributed by atoms with Crippen molar-refractivity contribution in [2.24, 2.45) is 5.41 Å². The van der Waals surface area contributed by atoms with E-state index in [9.17, 15) is 4.79 Å². The Labute approximate surface area is 169 Å². The zero-order valence-corrected chi connectivity index (χ0v) is 17.2. The molecule has 0 saturated carbocycles. The smallest absolute Gasteiger partial charge is 0.233 e. The first-order chi connectivity index (χ1) is 13.5. The molecule has 150 valence electrons. The van der Waals surface area contributed by atoms with Gasteiger partial charge in [0.1, 0.15) is 5.82 Å². The van der Waals surface area contributed by atoms with Gasteiger partial charge < -0.3 is 14.4 Å². The van der Waals surface area contributed by atoms with Gasteiger partial charge in [-0.2, -0.15) is 0 Å². The number of amides is 1. The van der Waals surface area contributed by atoms with Crippen LogP contribution >= 0.6 is 11.8 Å². The monoisotopic (exact) mass is 402 g/mol. The van der Waals surface area contributed by atoms with Crippen LogP contribution in [-0.4, -0.2) is 51.6 Å². The molecule has 0 bridgehead atoms. The third-order valence-corrected chi connectivity index (χ3v) is 6.20. The van der Waals surface area contributed by atoms with Crippen LogP contribution in [0.25, 0.3) is 0 Å². The second kappa shape index (κ2) is 8.03. The fraction of sp³-hybridized carbons (Fsp3) is 0.550. The number of hydrogen-bond acceptors (Lipinski definition) is 6. The zero-order chi connectivity index (χ0) is 19.6. The molecular weight excluding hydrogens is 376 g/mol. The second-order valence-corrected chi connectivity index (χ2v) is 8.74. The van der Waals surface area contributed by atoms with E-state index >= 15 is 0 Å². The summed E-state index contributed by atoms with van der Waals surface area (Å²) in [6.07, 6.45) is 3.87. The van der Waals surface area contributed by atoms with Gasteiger partial charge in [-0.05, 0) is 42.4 Å². The van der Waals surface area contributed by atoms with Gasteiger partial charge in [0.25, 0.3) is 0 Å². The Morgan fingerprint density at radius 1 is 1.36 bits per heavy atom. The number of nitrogens with one attached hydrogen (secondary N) is 1. The van der Waals surface area contributed by atoms with Crippen LogP contribution in [0.3, 0.4) is 0 Å². The minimum Gasteiger partial charge on any atom is -0.454 e. The number of benzene rings is 1. The highest BCUT2D eigenvalue weighted by Gasteiger charge is 2.33. The van der Waals surface area contributed by atoms with Gasteiger partial charge in [0.05, 0.1) is 5.75 Å². The van der Waals surface area contributed by atoms with Gasteiger partial charge in [-0.1, -0.05) is 31.7 Å². The number of likely N-dealkylation sites (tertiary alicyclic amines) is 1. The number of carbonyl (C=O) groups excluding carboxylic acids is 1. The van der Waals surface area contributed by atoms with E-state index in [0.29, 0.717) is 17.7 Å². The molecule has 1 aromatic heterocycles. The van der Waals surface area contributed by atoms with E-state index in [0.717, 1.165) is 56.1 Å². The number of aryl methyl sites for hydroxylation is 1. The summed E-state index contributed by atoms with van der Waals surface area (Å²) in [7, 11) is 0. The van der Waals surface area contributed by atoms with Gasteiger partial charge in [-0.15, -0.1) is 5.10 Å². The molecule has 1 N–H and O–H groups in total. The minimum absolute atomic E-state index is 0.0617. The molecule has 2 aliphatic heterocycles. The van der Waals surface area contributed by atoms with Gasteiger partial charge in [0.2, 0.25) is 17.9 Å². The van der Waals surface area contributed by atoms with Crippen LogP contribution in [0.15, 0.2) is 23.4 Å². The summed E-state index contributed by atoms with van der Waals surface area (Å²) in [4.78, 5) is 19.1. The maximum absolute atomic E-state index is 12.7. The molecule has 0 aliphatic carbocycles. The Kier molecular flexibility index (Phi) is 5.48. The van der Waals surface area contributed by atoms with Crippen molar-refractivity contribution in [3.63, 3.8) is 0 Å². The average Bonchev–Trinajstić information content (AvgIpc) is 3.34. The highest BCUT2D eigenvalue weighted by molar-refractivity contribution is 7.99.